The number of carbonyl (C=O) groups is 3. The SMILES string of the molecule is CC[C@@H]1C=C[C@H]2[C@@H](C(=O)N(CCO)[C@@H]2C(=O)Nc2ccccc2Cl)[C@@H]1C(=O)NC. The van der Waals surface area contributed by atoms with E-state index >= 15 is 0 Å². The van der Waals surface area contributed by atoms with E-state index in [4.69, 9.17) is 11.6 Å². The lowest BCUT2D eigenvalue weighted by Crippen LogP contribution is -2.45. The molecule has 29 heavy (non-hydrogen) atoms. The zero-order valence-electron chi connectivity index (χ0n) is 16.5. The smallest absolute Gasteiger partial charge is 0.247 e. The molecule has 3 amide bonds. The minimum atomic E-state index is -0.822. The van der Waals surface area contributed by atoms with Crippen molar-refractivity contribution in [3.8, 4) is 0 Å². The molecule has 0 spiro atoms. The number of amides is 3. The molecule has 3 N–H and O–H groups in total. The third kappa shape index (κ3) is 3.89. The molecule has 1 heterocycles. The highest BCUT2D eigenvalue weighted by Gasteiger charge is 2.56. The van der Waals surface area contributed by atoms with Crippen LogP contribution in [-0.4, -0.2) is 54.0 Å². The normalized spacial score (nSPS) is 28.2. The fourth-order valence-corrected chi connectivity index (χ4v) is 4.71. The van der Waals surface area contributed by atoms with Gasteiger partial charge in [0.25, 0.3) is 0 Å². The molecule has 7 nitrogen and oxygen atoms in total. The molecule has 3 rings (SSSR count). The van der Waals surface area contributed by atoms with Crippen molar-refractivity contribution < 1.29 is 19.5 Å². The van der Waals surface area contributed by atoms with Crippen LogP contribution in [0.2, 0.25) is 5.02 Å². The molecule has 1 aliphatic carbocycles. The molecule has 8 heteroatoms. The summed E-state index contributed by atoms with van der Waals surface area (Å²) in [6.07, 6.45) is 4.53. The van der Waals surface area contributed by atoms with Gasteiger partial charge in [0.05, 0.1) is 29.2 Å². The van der Waals surface area contributed by atoms with Gasteiger partial charge in [-0.25, -0.2) is 0 Å². The first-order valence-corrected chi connectivity index (χ1v) is 10.2. The van der Waals surface area contributed by atoms with Crippen LogP contribution in [0.5, 0.6) is 0 Å². The van der Waals surface area contributed by atoms with E-state index in [0.717, 1.165) is 0 Å². The van der Waals surface area contributed by atoms with Crippen LogP contribution < -0.4 is 10.6 Å². The number of fused-ring (bicyclic) bond motifs is 1. The maximum atomic E-state index is 13.3. The molecule has 1 aromatic rings. The molecule has 1 aliphatic heterocycles. The van der Waals surface area contributed by atoms with Crippen molar-refractivity contribution in [2.24, 2.45) is 23.7 Å². The molecule has 1 fully saturated rings. The van der Waals surface area contributed by atoms with Gasteiger partial charge in [-0.3, -0.25) is 14.4 Å². The summed E-state index contributed by atoms with van der Waals surface area (Å²) in [5.41, 5.74) is 0.452. The molecule has 0 radical (unpaired) electrons. The number of anilines is 1. The number of para-hydroxylation sites is 1. The highest BCUT2D eigenvalue weighted by Crippen LogP contribution is 2.45. The quantitative estimate of drug-likeness (QED) is 0.611. The third-order valence-electron chi connectivity index (χ3n) is 5.87. The van der Waals surface area contributed by atoms with E-state index in [2.05, 4.69) is 10.6 Å². The van der Waals surface area contributed by atoms with Gasteiger partial charge in [0, 0.05) is 19.5 Å². The Kier molecular flexibility index (Phi) is 6.59. The number of β-amino-alcohol motifs (C(OH)–C–C–N with tert-alkyl or cyclic N) is 1. The fourth-order valence-electron chi connectivity index (χ4n) is 4.53. The number of aliphatic hydroxyl groups is 1. The predicted molar refractivity (Wildman–Crippen MR) is 110 cm³/mol. The standard InChI is InChI=1S/C21H26ClN3O4/c1-3-12-8-9-13-17(16(12)19(27)23-2)21(29)25(10-11-26)18(13)20(28)24-15-7-5-4-6-14(15)22/h4-9,12-13,16-18,26H,3,10-11H2,1-2H3,(H,23,27)(H,24,28)/t12-,13+,16-,17-,18+/m1/s1. The summed E-state index contributed by atoms with van der Waals surface area (Å²) in [7, 11) is 1.55. The van der Waals surface area contributed by atoms with Crippen LogP contribution in [-0.2, 0) is 14.4 Å². The van der Waals surface area contributed by atoms with Crippen LogP contribution in [0, 0.1) is 23.7 Å². The molecule has 156 valence electrons. The first-order chi connectivity index (χ1) is 13.9. The summed E-state index contributed by atoms with van der Waals surface area (Å²) in [6.45, 7) is 1.72. The number of nitrogens with one attached hydrogen (secondary N) is 2. The number of hydrogen-bond acceptors (Lipinski definition) is 4. The van der Waals surface area contributed by atoms with E-state index in [1.54, 1.807) is 31.3 Å². The highest BCUT2D eigenvalue weighted by molar-refractivity contribution is 6.33. The molecule has 1 aromatic carbocycles. The topological polar surface area (TPSA) is 98.7 Å². The van der Waals surface area contributed by atoms with Gasteiger partial charge in [0.15, 0.2) is 0 Å². The van der Waals surface area contributed by atoms with Crippen LogP contribution in [0.15, 0.2) is 36.4 Å². The molecule has 1 saturated heterocycles. The number of rotatable bonds is 6. The Morgan fingerprint density at radius 1 is 1.21 bits per heavy atom. The first-order valence-electron chi connectivity index (χ1n) is 9.81. The number of nitrogens with zero attached hydrogens (tertiary/aromatic N) is 1. The molecule has 2 aliphatic rings. The van der Waals surface area contributed by atoms with Gasteiger partial charge in [0.2, 0.25) is 17.7 Å². The Bertz CT molecular complexity index is 828. The second kappa shape index (κ2) is 8.97. The Balaban J connectivity index is 1.97. The van der Waals surface area contributed by atoms with Gasteiger partial charge in [-0.2, -0.15) is 0 Å². The number of hydrogen-bond donors (Lipinski definition) is 3. The lowest BCUT2D eigenvalue weighted by Gasteiger charge is -2.33. The number of aliphatic hydroxyl groups excluding tert-OH is 1. The lowest BCUT2D eigenvalue weighted by atomic mass is 9.69. The van der Waals surface area contributed by atoms with Crippen molar-refractivity contribution in [1.82, 2.24) is 10.2 Å². The van der Waals surface area contributed by atoms with Crippen LogP contribution >= 0.6 is 11.6 Å². The Labute approximate surface area is 175 Å². The van der Waals surface area contributed by atoms with Gasteiger partial charge in [0.1, 0.15) is 6.04 Å². The van der Waals surface area contributed by atoms with Crippen LogP contribution in [0.1, 0.15) is 13.3 Å². The zero-order valence-corrected chi connectivity index (χ0v) is 17.2. The number of benzene rings is 1. The zero-order chi connectivity index (χ0) is 21.1. The minimum absolute atomic E-state index is 0.0253. The molecule has 0 bridgehead atoms. The summed E-state index contributed by atoms with van der Waals surface area (Å²) in [5, 5.41) is 15.3. The average Bonchev–Trinajstić information content (AvgIpc) is 3.00. The number of carbonyl (C=O) groups excluding carboxylic acids is 3. The molecular weight excluding hydrogens is 394 g/mol. The average molecular weight is 420 g/mol. The Morgan fingerprint density at radius 3 is 2.55 bits per heavy atom. The molecule has 5 atom stereocenters. The maximum Gasteiger partial charge on any atom is 0.247 e. The second-order valence-electron chi connectivity index (χ2n) is 7.37. The lowest BCUT2D eigenvalue weighted by molar-refractivity contribution is -0.140. The predicted octanol–water partition coefficient (Wildman–Crippen LogP) is 1.67. The van der Waals surface area contributed by atoms with Crippen LogP contribution in [0.4, 0.5) is 5.69 Å². The van der Waals surface area contributed by atoms with Crippen molar-refractivity contribution >= 4 is 35.0 Å². The van der Waals surface area contributed by atoms with Gasteiger partial charge in [-0.1, -0.05) is 42.8 Å². The van der Waals surface area contributed by atoms with Crippen LogP contribution in [0.25, 0.3) is 0 Å². The van der Waals surface area contributed by atoms with E-state index in [-0.39, 0.29) is 36.8 Å². The minimum Gasteiger partial charge on any atom is -0.395 e. The molecule has 0 unspecified atom stereocenters. The van der Waals surface area contributed by atoms with E-state index in [1.807, 2.05) is 19.1 Å². The maximum absolute atomic E-state index is 13.3. The second-order valence-corrected chi connectivity index (χ2v) is 7.78. The number of allylic oxidation sites excluding steroid dienone is 1. The summed E-state index contributed by atoms with van der Waals surface area (Å²) < 4.78 is 0. The van der Waals surface area contributed by atoms with Crippen molar-refractivity contribution in [3.05, 3.63) is 41.4 Å². The summed E-state index contributed by atoms with van der Waals surface area (Å²) >= 11 is 6.16. The first kappa shape index (κ1) is 21.3. The highest BCUT2D eigenvalue weighted by atomic mass is 35.5. The van der Waals surface area contributed by atoms with Crippen molar-refractivity contribution in [2.45, 2.75) is 19.4 Å². The van der Waals surface area contributed by atoms with Crippen molar-refractivity contribution in [1.29, 1.82) is 0 Å². The molecule has 0 saturated carbocycles. The largest absolute Gasteiger partial charge is 0.395 e. The van der Waals surface area contributed by atoms with Gasteiger partial charge in [-0.05, 0) is 24.5 Å². The van der Waals surface area contributed by atoms with E-state index in [1.165, 1.54) is 4.90 Å². The van der Waals surface area contributed by atoms with Gasteiger partial charge < -0.3 is 20.6 Å². The van der Waals surface area contributed by atoms with Crippen molar-refractivity contribution in [3.63, 3.8) is 0 Å². The number of likely N-dealkylation sites (tertiary alicyclic amines) is 1. The summed E-state index contributed by atoms with van der Waals surface area (Å²) in [4.78, 5) is 40.4. The third-order valence-corrected chi connectivity index (χ3v) is 6.20. The Hall–Kier alpha value is -2.38. The monoisotopic (exact) mass is 419 g/mol. The van der Waals surface area contributed by atoms with Gasteiger partial charge in [-0.15, -0.1) is 0 Å². The molecule has 0 aromatic heterocycles. The molecular formula is C21H26ClN3O4. The summed E-state index contributed by atoms with van der Waals surface area (Å²) in [6, 6.07) is 6.04. The van der Waals surface area contributed by atoms with Crippen LogP contribution in [0.3, 0.4) is 0 Å². The van der Waals surface area contributed by atoms with Crippen molar-refractivity contribution in [2.75, 3.05) is 25.5 Å². The van der Waals surface area contributed by atoms with E-state index in [9.17, 15) is 19.5 Å². The van der Waals surface area contributed by atoms with E-state index in [0.29, 0.717) is 17.1 Å². The summed E-state index contributed by atoms with van der Waals surface area (Å²) in [5.74, 6) is -2.60. The Morgan fingerprint density at radius 2 is 1.93 bits per heavy atom. The van der Waals surface area contributed by atoms with Gasteiger partial charge >= 0.3 is 0 Å². The van der Waals surface area contributed by atoms with E-state index < -0.39 is 23.8 Å². The number of halogens is 1. The fraction of sp³-hybridized carbons (Fsp3) is 0.476.